The van der Waals surface area contributed by atoms with E-state index in [-0.39, 0.29) is 35.5 Å². The summed E-state index contributed by atoms with van der Waals surface area (Å²) in [5, 5.41) is 16.5. The molecule has 1 saturated carbocycles. The third-order valence-corrected chi connectivity index (χ3v) is 7.79. The predicted octanol–water partition coefficient (Wildman–Crippen LogP) is 2.74. The number of aromatic amines is 1. The molecule has 3 aliphatic rings. The molecule has 3 amide bonds. The lowest BCUT2D eigenvalue weighted by molar-refractivity contribution is -0.126. The molecule has 5 rings (SSSR count). The number of hydrogen-bond acceptors (Lipinski definition) is 4. The number of nitrogens with zero attached hydrogens (tertiary/aromatic N) is 2. The van der Waals surface area contributed by atoms with Crippen molar-refractivity contribution in [2.75, 3.05) is 13.1 Å². The first-order valence-corrected chi connectivity index (χ1v) is 11.8. The van der Waals surface area contributed by atoms with E-state index in [2.05, 4.69) is 21.7 Å². The van der Waals surface area contributed by atoms with Crippen LogP contribution in [0.15, 0.2) is 24.3 Å². The van der Waals surface area contributed by atoms with Gasteiger partial charge in [0.15, 0.2) is 0 Å². The maximum Gasteiger partial charge on any atom is 0.271 e. The van der Waals surface area contributed by atoms with Gasteiger partial charge < -0.3 is 20.5 Å². The monoisotopic (exact) mass is 467 g/mol. The first-order chi connectivity index (χ1) is 15.9. The number of para-hydroxylation sites is 1. The van der Waals surface area contributed by atoms with Crippen molar-refractivity contribution in [1.29, 1.82) is 5.26 Å². The minimum Gasteiger partial charge on any atom is -0.356 e. The van der Waals surface area contributed by atoms with Crippen LogP contribution in [0.25, 0.3) is 10.9 Å². The molecule has 0 radical (unpaired) electrons. The van der Waals surface area contributed by atoms with Crippen LogP contribution in [0.1, 0.15) is 49.0 Å². The van der Waals surface area contributed by atoms with E-state index >= 15 is 0 Å². The Bertz CT molecular complexity index is 1160. The van der Waals surface area contributed by atoms with E-state index in [0.717, 1.165) is 24.6 Å². The van der Waals surface area contributed by atoms with Gasteiger partial charge in [-0.3, -0.25) is 14.4 Å². The number of aromatic nitrogens is 1. The summed E-state index contributed by atoms with van der Waals surface area (Å²) < 4.78 is 0. The molecule has 2 aliphatic heterocycles. The molecule has 3 atom stereocenters. The Labute approximate surface area is 196 Å². The zero-order valence-corrected chi connectivity index (χ0v) is 19.0. The van der Waals surface area contributed by atoms with Crippen molar-refractivity contribution in [3.05, 3.63) is 35.0 Å². The quantitative estimate of drug-likeness (QED) is 0.626. The van der Waals surface area contributed by atoms with Gasteiger partial charge in [-0.05, 0) is 49.7 Å². The van der Waals surface area contributed by atoms with Crippen LogP contribution in [0.2, 0.25) is 5.02 Å². The highest BCUT2D eigenvalue weighted by atomic mass is 35.5. The number of H-pyrrole nitrogens is 1. The number of likely N-dealkylation sites (tertiary alicyclic amines) is 1. The number of rotatable bonds is 5. The van der Waals surface area contributed by atoms with Crippen LogP contribution in [0.3, 0.4) is 0 Å². The van der Waals surface area contributed by atoms with Crippen molar-refractivity contribution in [2.24, 2.45) is 11.3 Å². The van der Waals surface area contributed by atoms with Crippen LogP contribution in [-0.4, -0.2) is 52.8 Å². The van der Waals surface area contributed by atoms with Crippen molar-refractivity contribution in [2.45, 2.75) is 50.6 Å². The van der Waals surface area contributed by atoms with Crippen LogP contribution in [0.5, 0.6) is 0 Å². The van der Waals surface area contributed by atoms with Crippen LogP contribution in [0.4, 0.5) is 0 Å². The molecular weight excluding hydrogens is 442 g/mol. The van der Waals surface area contributed by atoms with Gasteiger partial charge in [0.2, 0.25) is 11.8 Å². The molecule has 33 heavy (non-hydrogen) atoms. The van der Waals surface area contributed by atoms with Crippen molar-refractivity contribution < 1.29 is 14.4 Å². The third kappa shape index (κ3) is 3.95. The van der Waals surface area contributed by atoms with Gasteiger partial charge in [-0.2, -0.15) is 5.26 Å². The largest absolute Gasteiger partial charge is 0.356 e. The number of halogens is 1. The van der Waals surface area contributed by atoms with Gasteiger partial charge >= 0.3 is 0 Å². The third-order valence-electron chi connectivity index (χ3n) is 7.48. The maximum absolute atomic E-state index is 13.5. The summed E-state index contributed by atoms with van der Waals surface area (Å²) >= 11 is 6.26. The topological polar surface area (TPSA) is 118 Å². The van der Waals surface area contributed by atoms with E-state index in [9.17, 15) is 19.6 Å². The lowest BCUT2D eigenvalue weighted by Crippen LogP contribution is -2.49. The van der Waals surface area contributed by atoms with E-state index in [0.29, 0.717) is 42.2 Å². The van der Waals surface area contributed by atoms with E-state index in [1.165, 1.54) is 0 Å². The van der Waals surface area contributed by atoms with E-state index in [1.54, 1.807) is 17.0 Å². The second kappa shape index (κ2) is 8.38. The van der Waals surface area contributed by atoms with Crippen LogP contribution < -0.4 is 10.6 Å². The second-order valence-electron chi connectivity index (χ2n) is 9.60. The Balaban J connectivity index is 1.35. The molecule has 9 heteroatoms. The molecule has 1 aromatic heterocycles. The Morgan fingerprint density at radius 1 is 1.36 bits per heavy atom. The van der Waals surface area contributed by atoms with Crippen molar-refractivity contribution in [3.63, 3.8) is 0 Å². The summed E-state index contributed by atoms with van der Waals surface area (Å²) in [7, 11) is 0. The number of hydrogen-bond donors (Lipinski definition) is 3. The van der Waals surface area contributed by atoms with Crippen LogP contribution in [-0.2, 0) is 9.59 Å². The standard InChI is InChI=1S/C24H26ClN5O3/c25-17-4-1-3-14-10-18(29-20(14)17)23(33)30-13-24(6-2-7-24)11-19(30)22(32)28-16(12-26)9-15-5-8-27-21(15)31/h1,3-4,10,15-16,19,29H,2,5-9,11,13H2,(H,27,31)(H,28,32)/t15-,16-,19?/m0/s1. The molecular formula is C24H26ClN5O3. The smallest absolute Gasteiger partial charge is 0.271 e. The highest BCUT2D eigenvalue weighted by Gasteiger charge is 2.52. The van der Waals surface area contributed by atoms with Crippen molar-refractivity contribution >= 4 is 40.2 Å². The number of benzene rings is 1. The summed E-state index contributed by atoms with van der Waals surface area (Å²) in [4.78, 5) is 43.4. The average molecular weight is 468 g/mol. The predicted molar refractivity (Wildman–Crippen MR) is 122 cm³/mol. The molecule has 3 N–H and O–H groups in total. The highest BCUT2D eigenvalue weighted by Crippen LogP contribution is 2.50. The Kier molecular flexibility index (Phi) is 5.53. The number of nitriles is 1. The summed E-state index contributed by atoms with van der Waals surface area (Å²) in [6, 6.07) is 7.94. The minimum atomic E-state index is -0.770. The fourth-order valence-corrected chi connectivity index (χ4v) is 5.73. The maximum atomic E-state index is 13.5. The molecule has 3 fully saturated rings. The molecule has 2 saturated heterocycles. The van der Waals surface area contributed by atoms with Crippen LogP contribution in [0, 0.1) is 22.7 Å². The van der Waals surface area contributed by atoms with E-state index in [4.69, 9.17) is 11.6 Å². The van der Waals surface area contributed by atoms with Gasteiger partial charge in [-0.1, -0.05) is 30.2 Å². The van der Waals surface area contributed by atoms with Gasteiger partial charge in [0, 0.05) is 24.4 Å². The zero-order valence-electron chi connectivity index (χ0n) is 18.2. The molecule has 8 nitrogen and oxygen atoms in total. The minimum absolute atomic E-state index is 0.0329. The zero-order chi connectivity index (χ0) is 23.2. The highest BCUT2D eigenvalue weighted by molar-refractivity contribution is 6.35. The fourth-order valence-electron chi connectivity index (χ4n) is 5.50. The normalized spacial score (nSPS) is 24.4. The SMILES string of the molecule is N#C[C@H](C[C@@H]1CCNC1=O)NC(=O)C1CC2(CCC2)CN1C(=O)c1cc2cccc(Cl)c2[nH]1. The Morgan fingerprint density at radius 3 is 2.82 bits per heavy atom. The van der Waals surface area contributed by atoms with Crippen LogP contribution >= 0.6 is 11.6 Å². The summed E-state index contributed by atoms with van der Waals surface area (Å²) in [6.07, 6.45) is 4.60. The van der Waals surface area contributed by atoms with Gasteiger partial charge in [0.05, 0.1) is 16.6 Å². The second-order valence-corrected chi connectivity index (χ2v) is 10.0. The number of carbonyl (C=O) groups excluding carboxylic acids is 3. The van der Waals surface area contributed by atoms with Gasteiger partial charge in [0.1, 0.15) is 17.8 Å². The molecule has 0 bridgehead atoms. The Morgan fingerprint density at radius 2 is 2.18 bits per heavy atom. The molecule has 1 aliphatic carbocycles. The fraction of sp³-hybridized carbons (Fsp3) is 0.500. The Hall–Kier alpha value is -3.05. The number of fused-ring (bicyclic) bond motifs is 1. The number of amides is 3. The van der Waals surface area contributed by atoms with Gasteiger partial charge in [-0.15, -0.1) is 0 Å². The average Bonchev–Trinajstić information content (AvgIpc) is 3.49. The molecule has 1 unspecified atom stereocenters. The lowest BCUT2D eigenvalue weighted by atomic mass is 9.67. The number of nitrogens with one attached hydrogen (secondary N) is 3. The van der Waals surface area contributed by atoms with Gasteiger partial charge in [-0.25, -0.2) is 0 Å². The van der Waals surface area contributed by atoms with Crippen molar-refractivity contribution in [1.82, 2.24) is 20.5 Å². The summed E-state index contributed by atoms with van der Waals surface area (Å²) in [6.45, 7) is 1.12. The lowest BCUT2D eigenvalue weighted by Gasteiger charge is -2.37. The summed E-state index contributed by atoms with van der Waals surface area (Å²) in [5.41, 5.74) is 1.06. The molecule has 2 aromatic rings. The van der Waals surface area contributed by atoms with Crippen molar-refractivity contribution in [3.8, 4) is 6.07 Å². The van der Waals surface area contributed by atoms with E-state index in [1.807, 2.05) is 12.1 Å². The first kappa shape index (κ1) is 21.8. The first-order valence-electron chi connectivity index (χ1n) is 11.4. The molecule has 172 valence electrons. The number of carbonyl (C=O) groups is 3. The van der Waals surface area contributed by atoms with Gasteiger partial charge in [0.25, 0.3) is 5.91 Å². The molecule has 1 spiro atoms. The van der Waals surface area contributed by atoms with E-state index < -0.39 is 12.1 Å². The molecule has 3 heterocycles. The summed E-state index contributed by atoms with van der Waals surface area (Å²) in [5.74, 6) is -0.917. The molecule has 1 aromatic carbocycles.